The number of carbonyl (C=O) groups excluding carboxylic acids is 3. The van der Waals surface area contributed by atoms with Gasteiger partial charge in [0.2, 0.25) is 5.91 Å². The van der Waals surface area contributed by atoms with Crippen LogP contribution in [0.25, 0.3) is 0 Å². The highest BCUT2D eigenvalue weighted by atomic mass is 16.2. The normalized spacial score (nSPS) is 17.6. The molecule has 4 amide bonds. The minimum Gasteiger partial charge on any atom is -0.327 e. The van der Waals surface area contributed by atoms with E-state index < -0.39 is 5.54 Å². The predicted octanol–water partition coefficient (Wildman–Crippen LogP) is 2.60. The van der Waals surface area contributed by atoms with Crippen LogP contribution in [0.1, 0.15) is 49.7 Å². The van der Waals surface area contributed by atoms with E-state index in [2.05, 4.69) is 11.2 Å². The molecule has 1 aromatic carbocycles. The molecule has 0 aromatic heterocycles. The van der Waals surface area contributed by atoms with Gasteiger partial charge >= 0.3 is 6.03 Å². The Hall–Kier alpha value is -2.81. The maximum absolute atomic E-state index is 12.6. The van der Waals surface area contributed by atoms with Gasteiger partial charge in [0.05, 0.1) is 6.54 Å². The Balaban J connectivity index is 1.53. The first-order valence-corrected chi connectivity index (χ1v) is 9.86. The van der Waals surface area contributed by atoms with Crippen LogP contribution >= 0.6 is 0 Å². The lowest BCUT2D eigenvalue weighted by molar-refractivity contribution is -0.133. The molecule has 148 valence electrons. The molecular formula is C22H27N3O3. The highest BCUT2D eigenvalue weighted by Crippen LogP contribution is 2.35. The van der Waals surface area contributed by atoms with Crippen LogP contribution in [0.3, 0.4) is 0 Å². The van der Waals surface area contributed by atoms with E-state index in [1.165, 1.54) is 4.90 Å². The molecule has 2 aliphatic rings. The molecule has 0 atom stereocenters. The molecule has 6 nitrogen and oxygen atoms in total. The van der Waals surface area contributed by atoms with Gasteiger partial charge in [0.15, 0.2) is 0 Å². The first-order valence-electron chi connectivity index (χ1n) is 9.86. The maximum atomic E-state index is 12.6. The van der Waals surface area contributed by atoms with E-state index in [4.69, 9.17) is 6.42 Å². The molecule has 1 spiro atoms. The van der Waals surface area contributed by atoms with Gasteiger partial charge in [-0.1, -0.05) is 48.6 Å². The molecule has 6 heteroatoms. The lowest BCUT2D eigenvalue weighted by Crippen LogP contribution is -2.44. The molecule has 3 rings (SSSR count). The second-order valence-corrected chi connectivity index (χ2v) is 7.72. The number of hydrogen-bond donors (Lipinski definition) is 1. The van der Waals surface area contributed by atoms with Gasteiger partial charge in [0.1, 0.15) is 5.54 Å². The Morgan fingerprint density at radius 3 is 2.57 bits per heavy atom. The molecule has 1 heterocycles. The minimum atomic E-state index is -0.692. The van der Waals surface area contributed by atoms with Crippen LogP contribution in [-0.4, -0.2) is 46.3 Å². The van der Waals surface area contributed by atoms with Gasteiger partial charge in [-0.05, 0) is 31.7 Å². The predicted molar refractivity (Wildman–Crippen MR) is 106 cm³/mol. The van der Waals surface area contributed by atoms with Crippen molar-refractivity contribution in [3.8, 4) is 12.3 Å². The summed E-state index contributed by atoms with van der Waals surface area (Å²) < 4.78 is 0. The van der Waals surface area contributed by atoms with Gasteiger partial charge in [-0.25, -0.2) is 4.79 Å². The van der Waals surface area contributed by atoms with Crippen LogP contribution in [0, 0.1) is 19.3 Å². The third-order valence-corrected chi connectivity index (χ3v) is 5.60. The van der Waals surface area contributed by atoms with Crippen molar-refractivity contribution in [2.24, 2.45) is 0 Å². The summed E-state index contributed by atoms with van der Waals surface area (Å²) in [6.45, 7) is 2.96. The lowest BCUT2D eigenvalue weighted by Gasteiger charge is -2.22. The van der Waals surface area contributed by atoms with Crippen molar-refractivity contribution in [3.63, 3.8) is 0 Å². The number of rotatable bonds is 7. The summed E-state index contributed by atoms with van der Waals surface area (Å²) in [5.41, 5.74) is 1.49. The van der Waals surface area contributed by atoms with E-state index in [1.807, 2.05) is 31.2 Å². The zero-order chi connectivity index (χ0) is 20.1. The van der Waals surface area contributed by atoms with Gasteiger partial charge in [0, 0.05) is 19.5 Å². The van der Waals surface area contributed by atoms with Crippen LogP contribution in [0.4, 0.5) is 4.79 Å². The largest absolute Gasteiger partial charge is 0.327 e. The summed E-state index contributed by atoms with van der Waals surface area (Å²) in [5, 5.41) is 2.86. The smallest absolute Gasteiger partial charge is 0.325 e. The summed E-state index contributed by atoms with van der Waals surface area (Å²) in [5.74, 6) is 2.33. The molecule has 2 fully saturated rings. The summed E-state index contributed by atoms with van der Waals surface area (Å²) in [6, 6.07) is 7.65. The van der Waals surface area contributed by atoms with Gasteiger partial charge in [-0.3, -0.25) is 14.5 Å². The molecule has 28 heavy (non-hydrogen) atoms. The van der Waals surface area contributed by atoms with Crippen molar-refractivity contribution in [2.75, 3.05) is 13.1 Å². The Kier molecular flexibility index (Phi) is 6.03. The van der Waals surface area contributed by atoms with Gasteiger partial charge in [0.25, 0.3) is 5.91 Å². The quantitative estimate of drug-likeness (QED) is 0.583. The number of terminal acetylenes is 1. The summed E-state index contributed by atoms with van der Waals surface area (Å²) in [7, 11) is 0. The van der Waals surface area contributed by atoms with Crippen LogP contribution in [0.2, 0.25) is 0 Å². The number of amides is 4. The van der Waals surface area contributed by atoms with E-state index in [0.29, 0.717) is 25.8 Å². The monoisotopic (exact) mass is 381 g/mol. The Morgan fingerprint density at radius 1 is 1.25 bits per heavy atom. The number of aryl methyl sites for hydroxylation is 1. The number of carbonyl (C=O) groups is 3. The highest BCUT2D eigenvalue weighted by Gasteiger charge is 2.52. The first kappa shape index (κ1) is 19.9. The van der Waals surface area contributed by atoms with Gasteiger partial charge in [-0.2, -0.15) is 0 Å². The molecule has 0 unspecified atom stereocenters. The fraction of sp³-hybridized carbons (Fsp3) is 0.500. The van der Waals surface area contributed by atoms with Crippen LogP contribution in [0.5, 0.6) is 0 Å². The number of hydrogen-bond acceptors (Lipinski definition) is 3. The molecular weight excluding hydrogens is 354 g/mol. The SMILES string of the molecule is C#CCN(Cc1ccc(C)cc1)C(=O)CCCN1C(=O)NC2(CCCC2)C1=O. The zero-order valence-electron chi connectivity index (χ0n) is 16.4. The average Bonchev–Trinajstić information content (AvgIpc) is 3.23. The molecule has 0 radical (unpaired) electrons. The van der Waals surface area contributed by atoms with Gasteiger partial charge in [-0.15, -0.1) is 6.42 Å². The van der Waals surface area contributed by atoms with Crippen LogP contribution < -0.4 is 5.32 Å². The second-order valence-electron chi connectivity index (χ2n) is 7.72. The average molecular weight is 381 g/mol. The van der Waals surface area contributed by atoms with Crippen LogP contribution in [0.15, 0.2) is 24.3 Å². The van der Waals surface area contributed by atoms with Crippen molar-refractivity contribution in [1.29, 1.82) is 0 Å². The fourth-order valence-electron chi connectivity index (χ4n) is 4.00. The highest BCUT2D eigenvalue weighted by molar-refractivity contribution is 6.07. The molecule has 1 saturated carbocycles. The van der Waals surface area contributed by atoms with Crippen molar-refractivity contribution >= 4 is 17.8 Å². The second kappa shape index (κ2) is 8.47. The molecule has 1 aliphatic heterocycles. The van der Waals surface area contributed by atoms with Gasteiger partial charge < -0.3 is 10.2 Å². The topological polar surface area (TPSA) is 69.7 Å². The number of nitrogens with zero attached hydrogens (tertiary/aromatic N) is 2. The zero-order valence-corrected chi connectivity index (χ0v) is 16.4. The number of urea groups is 1. The maximum Gasteiger partial charge on any atom is 0.325 e. The molecule has 1 aliphatic carbocycles. The fourth-order valence-corrected chi connectivity index (χ4v) is 4.00. The van der Waals surface area contributed by atoms with Crippen molar-refractivity contribution < 1.29 is 14.4 Å². The van der Waals surface area contributed by atoms with Crippen LogP contribution in [-0.2, 0) is 16.1 Å². The minimum absolute atomic E-state index is 0.0684. The number of imide groups is 1. The summed E-state index contributed by atoms with van der Waals surface area (Å²) >= 11 is 0. The van der Waals surface area contributed by atoms with E-state index in [0.717, 1.165) is 24.0 Å². The standard InChI is InChI=1S/C22H27N3O3/c1-3-14-24(16-18-10-8-17(2)9-11-18)19(26)7-6-15-25-20(27)22(23-21(25)28)12-4-5-13-22/h1,8-11H,4-7,12-16H2,2H3,(H,23,28). The summed E-state index contributed by atoms with van der Waals surface area (Å²) in [4.78, 5) is 40.4. The Morgan fingerprint density at radius 2 is 1.93 bits per heavy atom. The Bertz CT molecular complexity index is 788. The molecule has 1 N–H and O–H groups in total. The third-order valence-electron chi connectivity index (χ3n) is 5.60. The van der Waals surface area contributed by atoms with E-state index in [-0.39, 0.29) is 37.4 Å². The molecule has 0 bridgehead atoms. The summed E-state index contributed by atoms with van der Waals surface area (Å²) in [6.07, 6.45) is 9.44. The number of nitrogens with one attached hydrogen (secondary N) is 1. The van der Waals surface area contributed by atoms with E-state index in [9.17, 15) is 14.4 Å². The lowest BCUT2D eigenvalue weighted by atomic mass is 9.98. The molecule has 1 aromatic rings. The van der Waals surface area contributed by atoms with Crippen molar-refractivity contribution in [1.82, 2.24) is 15.1 Å². The first-order chi connectivity index (χ1) is 13.4. The Labute approximate surface area is 166 Å². The number of benzene rings is 1. The molecule has 1 saturated heterocycles. The van der Waals surface area contributed by atoms with Crippen molar-refractivity contribution in [3.05, 3.63) is 35.4 Å². The van der Waals surface area contributed by atoms with E-state index in [1.54, 1.807) is 4.90 Å². The third kappa shape index (κ3) is 4.19. The van der Waals surface area contributed by atoms with Crippen molar-refractivity contribution in [2.45, 2.75) is 57.5 Å². The van der Waals surface area contributed by atoms with E-state index >= 15 is 0 Å².